The van der Waals surface area contributed by atoms with E-state index in [1.165, 1.54) is 17.0 Å². The lowest BCUT2D eigenvalue weighted by Crippen LogP contribution is -2.61. The molecule has 0 aliphatic carbocycles. The number of carbonyl (C=O) groups is 6. The number of benzene rings is 1. The van der Waals surface area contributed by atoms with Gasteiger partial charge in [-0.3, -0.25) is 28.8 Å². The Bertz CT molecular complexity index is 1380. The average Bonchev–Trinajstić information content (AvgIpc) is 3.52. The largest absolute Gasteiger partial charge is 0.508 e. The summed E-state index contributed by atoms with van der Waals surface area (Å²) < 4.78 is 0. The highest BCUT2D eigenvalue weighted by Gasteiger charge is 2.41. The number of carbonyl (C=O) groups excluding carboxylic acids is 6. The van der Waals surface area contributed by atoms with E-state index >= 15 is 0 Å². The van der Waals surface area contributed by atoms with Crippen molar-refractivity contribution >= 4 is 35.4 Å². The maximum absolute atomic E-state index is 14.2. The predicted molar refractivity (Wildman–Crippen MR) is 194 cm³/mol. The van der Waals surface area contributed by atoms with Gasteiger partial charge in [0.05, 0.1) is 0 Å². The first kappa shape index (κ1) is 41.3. The van der Waals surface area contributed by atoms with Gasteiger partial charge in [0.1, 0.15) is 42.0 Å². The summed E-state index contributed by atoms with van der Waals surface area (Å²) in [5, 5.41) is 24.1. The van der Waals surface area contributed by atoms with Crippen molar-refractivity contribution in [1.29, 1.82) is 0 Å². The van der Waals surface area contributed by atoms with E-state index in [0.29, 0.717) is 37.8 Å². The lowest BCUT2D eigenvalue weighted by molar-refractivity contribution is -0.143. The van der Waals surface area contributed by atoms with E-state index < -0.39 is 71.7 Å². The van der Waals surface area contributed by atoms with Gasteiger partial charge in [0.2, 0.25) is 35.4 Å². The van der Waals surface area contributed by atoms with Crippen LogP contribution in [0.5, 0.6) is 5.75 Å². The smallest absolute Gasteiger partial charge is 0.245 e. The maximum atomic E-state index is 14.2. The second kappa shape index (κ2) is 18.9. The molecule has 2 fully saturated rings. The van der Waals surface area contributed by atoms with Crippen LogP contribution < -0.4 is 26.6 Å². The molecule has 2 aliphatic heterocycles. The molecular weight excluding hydrogens is 652 g/mol. The molecule has 2 heterocycles. The molecule has 0 bridgehead atoms. The summed E-state index contributed by atoms with van der Waals surface area (Å²) in [4.78, 5) is 85.3. The fraction of sp³-hybridized carbons (Fsp3) is 0.684. The molecule has 6 N–H and O–H groups in total. The van der Waals surface area contributed by atoms with E-state index in [9.17, 15) is 33.9 Å². The van der Waals surface area contributed by atoms with Gasteiger partial charge in [-0.05, 0) is 79.9 Å². The molecule has 284 valence electrons. The lowest BCUT2D eigenvalue weighted by Gasteiger charge is -2.32. The second-order valence-corrected chi connectivity index (χ2v) is 15.9. The lowest BCUT2D eigenvalue weighted by atomic mass is 9.97. The van der Waals surface area contributed by atoms with Crippen molar-refractivity contribution < 1.29 is 33.9 Å². The first-order chi connectivity index (χ1) is 23.9. The Labute approximate surface area is 302 Å². The van der Waals surface area contributed by atoms with Gasteiger partial charge < -0.3 is 36.6 Å². The van der Waals surface area contributed by atoms with Crippen LogP contribution in [0, 0.1) is 23.7 Å². The first-order valence-electron chi connectivity index (χ1n) is 18.5. The Morgan fingerprint density at radius 1 is 0.569 bits per heavy atom. The summed E-state index contributed by atoms with van der Waals surface area (Å²) in [7, 11) is 0. The molecule has 0 spiro atoms. The molecule has 13 heteroatoms. The Morgan fingerprint density at radius 3 is 1.37 bits per heavy atom. The molecule has 1 aromatic rings. The summed E-state index contributed by atoms with van der Waals surface area (Å²) in [5.74, 6) is -3.03. The van der Waals surface area contributed by atoms with Crippen LogP contribution in [0.4, 0.5) is 0 Å². The van der Waals surface area contributed by atoms with Crippen LogP contribution in [0.25, 0.3) is 0 Å². The molecule has 3 rings (SSSR count). The van der Waals surface area contributed by atoms with E-state index in [0.717, 1.165) is 0 Å². The predicted octanol–water partition coefficient (Wildman–Crippen LogP) is 2.55. The molecule has 0 saturated carbocycles. The van der Waals surface area contributed by atoms with Gasteiger partial charge in [0, 0.05) is 13.0 Å². The van der Waals surface area contributed by atoms with Gasteiger partial charge in [0.15, 0.2) is 0 Å². The quantitative estimate of drug-likeness (QED) is 0.215. The van der Waals surface area contributed by atoms with Crippen molar-refractivity contribution in [3.8, 4) is 5.75 Å². The van der Waals surface area contributed by atoms with Crippen molar-refractivity contribution in [3.63, 3.8) is 0 Å². The fourth-order valence-electron chi connectivity index (χ4n) is 6.74. The van der Waals surface area contributed by atoms with Gasteiger partial charge >= 0.3 is 0 Å². The van der Waals surface area contributed by atoms with Crippen molar-refractivity contribution in [3.05, 3.63) is 29.8 Å². The maximum Gasteiger partial charge on any atom is 0.245 e. The minimum absolute atomic E-state index is 0.000719. The monoisotopic (exact) mass is 712 g/mol. The zero-order valence-electron chi connectivity index (χ0n) is 31.6. The Balaban J connectivity index is 2.11. The Hall–Kier alpha value is -4.16. The fourth-order valence-corrected chi connectivity index (χ4v) is 6.74. The molecular formula is C38H60N6O7. The number of hydrogen-bond donors (Lipinski definition) is 6. The van der Waals surface area contributed by atoms with Crippen LogP contribution in [-0.4, -0.2) is 88.2 Å². The topological polar surface area (TPSA) is 186 Å². The number of aromatic hydroxyl groups is 1. The average molecular weight is 713 g/mol. The third kappa shape index (κ3) is 12.5. The van der Waals surface area contributed by atoms with Crippen LogP contribution in [0.3, 0.4) is 0 Å². The molecule has 6 atom stereocenters. The highest BCUT2D eigenvalue weighted by Crippen LogP contribution is 2.22. The number of fused-ring (bicyclic) bond motifs is 1. The van der Waals surface area contributed by atoms with E-state index in [1.54, 1.807) is 12.1 Å². The van der Waals surface area contributed by atoms with E-state index in [2.05, 4.69) is 26.6 Å². The van der Waals surface area contributed by atoms with Crippen molar-refractivity contribution in [2.24, 2.45) is 23.7 Å². The molecule has 0 aromatic heterocycles. The third-order valence-electron chi connectivity index (χ3n) is 9.19. The molecule has 1 aromatic carbocycles. The molecule has 13 nitrogen and oxygen atoms in total. The van der Waals surface area contributed by atoms with Gasteiger partial charge in [-0.1, -0.05) is 67.5 Å². The van der Waals surface area contributed by atoms with E-state index in [1.807, 2.05) is 55.4 Å². The van der Waals surface area contributed by atoms with Crippen LogP contribution in [0.1, 0.15) is 99.5 Å². The van der Waals surface area contributed by atoms with Crippen LogP contribution in [-0.2, 0) is 35.2 Å². The number of rotatable bonds is 10. The van der Waals surface area contributed by atoms with Crippen molar-refractivity contribution in [1.82, 2.24) is 31.5 Å². The zero-order valence-corrected chi connectivity index (χ0v) is 31.6. The standard InChI is InChI=1S/C38H60N6O7/c1-21(2)16-27-33(46)40-29(18-23(5)6)35(48)43-31(19-24(7)8)38(51)44-15-9-10-32(44)37(50)42-30(20-25-11-13-26(45)14-12-25)36(49)41-28(17-22(3)4)34(47)39-27/h11-14,21-24,27-32,45H,9-10,15-20H2,1-8H3,(H,39,47)(H,40,46)(H,41,49)(H,42,50)(H,43,48)/t27-,28+,29+,30+,31+,32-/m1/s1. The third-order valence-corrected chi connectivity index (χ3v) is 9.19. The molecule has 51 heavy (non-hydrogen) atoms. The van der Waals surface area contributed by atoms with E-state index in [4.69, 9.17) is 0 Å². The highest BCUT2D eigenvalue weighted by atomic mass is 16.3. The number of phenolic OH excluding ortho intramolecular Hbond substituents is 1. The summed E-state index contributed by atoms with van der Waals surface area (Å²) in [6.45, 7) is 15.7. The normalized spacial score (nSPS) is 26.0. The van der Waals surface area contributed by atoms with Crippen molar-refractivity contribution in [2.75, 3.05) is 6.54 Å². The molecule has 6 amide bonds. The van der Waals surface area contributed by atoms with Gasteiger partial charge in [-0.25, -0.2) is 0 Å². The Kier molecular flexibility index (Phi) is 15.3. The number of hydrogen-bond acceptors (Lipinski definition) is 7. The first-order valence-corrected chi connectivity index (χ1v) is 18.5. The molecule has 2 aliphatic rings. The molecule has 2 saturated heterocycles. The van der Waals surface area contributed by atoms with E-state index in [-0.39, 0.29) is 48.7 Å². The molecule has 0 radical (unpaired) electrons. The zero-order chi connectivity index (χ0) is 38.0. The Morgan fingerprint density at radius 2 is 0.941 bits per heavy atom. The number of nitrogens with zero attached hydrogens (tertiary/aromatic N) is 1. The summed E-state index contributed by atoms with van der Waals surface area (Å²) in [6, 6.07) is 0.287. The SMILES string of the molecule is CC(C)C[C@@H]1NC(=O)[C@H](Cc2ccc(O)cc2)NC(=O)[C@H]2CCCN2C(=O)[C@H](CC(C)C)NC(=O)[C@H](CC(C)C)NC(=O)[C@@H](CC(C)C)NC1=O. The van der Waals surface area contributed by atoms with Crippen LogP contribution in [0.15, 0.2) is 24.3 Å². The van der Waals surface area contributed by atoms with Crippen molar-refractivity contribution in [2.45, 2.75) is 137 Å². The number of amides is 6. The summed E-state index contributed by atoms with van der Waals surface area (Å²) >= 11 is 0. The highest BCUT2D eigenvalue weighted by molar-refractivity contribution is 5.98. The van der Waals surface area contributed by atoms with Crippen LogP contribution >= 0.6 is 0 Å². The van der Waals surface area contributed by atoms with Gasteiger partial charge in [-0.2, -0.15) is 0 Å². The minimum Gasteiger partial charge on any atom is -0.508 e. The minimum atomic E-state index is -1.13. The van der Waals surface area contributed by atoms with Gasteiger partial charge in [0.25, 0.3) is 0 Å². The summed E-state index contributed by atoms with van der Waals surface area (Å²) in [6.07, 6.45) is 2.12. The molecule has 0 unspecified atom stereocenters. The van der Waals surface area contributed by atoms with Gasteiger partial charge in [-0.15, -0.1) is 0 Å². The summed E-state index contributed by atoms with van der Waals surface area (Å²) in [5.41, 5.74) is 0.656. The second-order valence-electron chi connectivity index (χ2n) is 15.9. The number of nitrogens with one attached hydrogen (secondary N) is 5. The number of phenols is 1. The van der Waals surface area contributed by atoms with Crippen LogP contribution in [0.2, 0.25) is 0 Å².